The van der Waals surface area contributed by atoms with E-state index in [2.05, 4.69) is 30.8 Å². The molecule has 0 saturated heterocycles. The number of rotatable bonds is 5. The highest BCUT2D eigenvalue weighted by Gasteiger charge is 2.25. The Morgan fingerprint density at radius 1 is 1.38 bits per heavy atom. The third-order valence-corrected chi connectivity index (χ3v) is 5.74. The molecule has 1 heterocycles. The highest BCUT2D eigenvalue weighted by atomic mass is 32.1. The molecule has 1 aromatic rings. The lowest BCUT2D eigenvalue weighted by molar-refractivity contribution is 0.0700. The van der Waals surface area contributed by atoms with Gasteiger partial charge in [0.05, 0.1) is 5.69 Å². The second-order valence-corrected chi connectivity index (χ2v) is 7.06. The smallest absolute Gasteiger partial charge is 0.347 e. The van der Waals surface area contributed by atoms with E-state index in [9.17, 15) is 9.90 Å². The molecule has 118 valence electrons. The Balaban J connectivity index is 2.24. The molecule has 0 radical (unpaired) electrons. The molecule has 4 nitrogen and oxygen atoms in total. The van der Waals surface area contributed by atoms with E-state index in [-0.39, 0.29) is 5.92 Å². The van der Waals surface area contributed by atoms with Crippen LogP contribution in [0.3, 0.4) is 0 Å². The number of aromatic carboxylic acids is 1. The number of nitrogens with zero attached hydrogens (tertiary/aromatic N) is 2. The lowest BCUT2D eigenvalue weighted by atomic mass is 10.0. The average molecular weight is 310 g/mol. The number of thiazole rings is 1. The Labute approximate surface area is 131 Å². The van der Waals surface area contributed by atoms with Crippen molar-refractivity contribution in [1.29, 1.82) is 0 Å². The minimum Gasteiger partial charge on any atom is -0.477 e. The van der Waals surface area contributed by atoms with E-state index in [0.29, 0.717) is 10.9 Å². The summed E-state index contributed by atoms with van der Waals surface area (Å²) in [4.78, 5) is 18.8. The normalized spacial score (nSPS) is 18.2. The fraction of sp³-hybridized carbons (Fsp3) is 0.750. The standard InChI is InChI=1S/C16H26N2O2S/c1-4-11(2)13-14(15(19)20)21-16(17-13)18(3)12-9-7-5-6-8-10-12/h11-12H,4-10H2,1-3H3,(H,19,20). The van der Waals surface area contributed by atoms with Gasteiger partial charge in [-0.05, 0) is 25.2 Å². The lowest BCUT2D eigenvalue weighted by Crippen LogP contribution is -2.30. The van der Waals surface area contributed by atoms with E-state index >= 15 is 0 Å². The predicted molar refractivity (Wildman–Crippen MR) is 87.7 cm³/mol. The molecule has 1 saturated carbocycles. The van der Waals surface area contributed by atoms with Crippen LogP contribution < -0.4 is 4.90 Å². The summed E-state index contributed by atoms with van der Waals surface area (Å²) in [5.74, 6) is -0.646. The van der Waals surface area contributed by atoms with Crippen LogP contribution in [-0.4, -0.2) is 29.1 Å². The number of hydrogen-bond acceptors (Lipinski definition) is 4. The lowest BCUT2D eigenvalue weighted by Gasteiger charge is -2.26. The summed E-state index contributed by atoms with van der Waals surface area (Å²) in [6.07, 6.45) is 8.47. The first-order valence-corrected chi connectivity index (χ1v) is 8.83. The zero-order valence-corrected chi connectivity index (χ0v) is 14.1. The number of carbonyl (C=O) groups is 1. The highest BCUT2D eigenvalue weighted by Crippen LogP contribution is 2.34. The first kappa shape index (κ1) is 16.3. The topological polar surface area (TPSA) is 53.4 Å². The Morgan fingerprint density at radius 3 is 2.52 bits per heavy atom. The van der Waals surface area contributed by atoms with Gasteiger partial charge in [-0.25, -0.2) is 9.78 Å². The van der Waals surface area contributed by atoms with Crippen molar-refractivity contribution in [3.05, 3.63) is 10.6 Å². The third-order valence-electron chi connectivity index (χ3n) is 4.59. The molecule has 0 aliphatic heterocycles. The van der Waals surface area contributed by atoms with Gasteiger partial charge in [-0.3, -0.25) is 0 Å². The summed E-state index contributed by atoms with van der Waals surface area (Å²) < 4.78 is 0. The molecule has 1 N–H and O–H groups in total. The highest BCUT2D eigenvalue weighted by molar-refractivity contribution is 7.17. The largest absolute Gasteiger partial charge is 0.477 e. The summed E-state index contributed by atoms with van der Waals surface area (Å²) in [6.45, 7) is 4.13. The van der Waals surface area contributed by atoms with E-state index < -0.39 is 5.97 Å². The van der Waals surface area contributed by atoms with Gasteiger partial charge in [-0.15, -0.1) is 0 Å². The quantitative estimate of drug-likeness (QED) is 0.813. The number of anilines is 1. The molecule has 0 aromatic carbocycles. The van der Waals surface area contributed by atoms with Gasteiger partial charge in [0, 0.05) is 13.1 Å². The molecule has 21 heavy (non-hydrogen) atoms. The van der Waals surface area contributed by atoms with Crippen LogP contribution in [0.4, 0.5) is 5.13 Å². The summed E-state index contributed by atoms with van der Waals surface area (Å²) in [5.41, 5.74) is 0.755. The monoisotopic (exact) mass is 310 g/mol. The Kier molecular flexibility index (Phi) is 5.62. The van der Waals surface area contributed by atoms with Gasteiger partial charge in [0.1, 0.15) is 4.88 Å². The molecule has 1 unspecified atom stereocenters. The first-order chi connectivity index (χ1) is 10.0. The number of hydrogen-bond donors (Lipinski definition) is 1. The number of carboxylic acids is 1. The Bertz CT molecular complexity index is 479. The Hall–Kier alpha value is -1.10. The molecular formula is C16H26N2O2S. The number of aromatic nitrogens is 1. The van der Waals surface area contributed by atoms with Crippen LogP contribution in [0.5, 0.6) is 0 Å². The second-order valence-electron chi connectivity index (χ2n) is 6.08. The van der Waals surface area contributed by atoms with Crippen molar-refractivity contribution in [2.45, 2.75) is 70.8 Å². The molecular weight excluding hydrogens is 284 g/mol. The molecule has 1 aliphatic carbocycles. The van der Waals surface area contributed by atoms with Gasteiger partial charge in [0.15, 0.2) is 5.13 Å². The van der Waals surface area contributed by atoms with Crippen molar-refractivity contribution in [1.82, 2.24) is 4.98 Å². The van der Waals surface area contributed by atoms with Gasteiger partial charge in [-0.2, -0.15) is 0 Å². The van der Waals surface area contributed by atoms with E-state index in [0.717, 1.165) is 17.2 Å². The SMILES string of the molecule is CCC(C)c1nc(N(C)C2CCCCCC2)sc1C(=O)O. The van der Waals surface area contributed by atoms with E-state index in [1.807, 2.05) is 0 Å². The summed E-state index contributed by atoms with van der Waals surface area (Å²) >= 11 is 1.34. The van der Waals surface area contributed by atoms with Gasteiger partial charge in [0.2, 0.25) is 0 Å². The zero-order valence-electron chi connectivity index (χ0n) is 13.3. The van der Waals surface area contributed by atoms with E-state index in [1.165, 1.54) is 49.9 Å². The van der Waals surface area contributed by atoms with Crippen LogP contribution >= 0.6 is 11.3 Å². The van der Waals surface area contributed by atoms with Gasteiger partial charge < -0.3 is 10.0 Å². The number of carboxylic acid groups (broad SMARTS) is 1. The maximum Gasteiger partial charge on any atom is 0.347 e. The summed E-state index contributed by atoms with van der Waals surface area (Å²) in [7, 11) is 2.07. The second kappa shape index (κ2) is 7.25. The van der Waals surface area contributed by atoms with Crippen LogP contribution in [0.25, 0.3) is 0 Å². The molecule has 1 aromatic heterocycles. The van der Waals surface area contributed by atoms with E-state index in [4.69, 9.17) is 0 Å². The van der Waals surface area contributed by atoms with Crippen LogP contribution in [0.2, 0.25) is 0 Å². The zero-order chi connectivity index (χ0) is 15.4. The van der Waals surface area contributed by atoms with Crippen molar-refractivity contribution in [3.8, 4) is 0 Å². The van der Waals surface area contributed by atoms with Crippen molar-refractivity contribution >= 4 is 22.4 Å². The molecule has 0 spiro atoms. The van der Waals surface area contributed by atoms with Crippen molar-refractivity contribution < 1.29 is 9.90 Å². The molecule has 2 rings (SSSR count). The van der Waals surface area contributed by atoms with Gasteiger partial charge >= 0.3 is 5.97 Å². The van der Waals surface area contributed by atoms with E-state index in [1.54, 1.807) is 0 Å². The molecule has 0 amide bonds. The minimum atomic E-state index is -0.844. The first-order valence-electron chi connectivity index (χ1n) is 8.01. The minimum absolute atomic E-state index is 0.198. The van der Waals surface area contributed by atoms with Gasteiger partial charge in [0.25, 0.3) is 0 Å². The fourth-order valence-electron chi connectivity index (χ4n) is 2.95. The van der Waals surface area contributed by atoms with Gasteiger partial charge in [-0.1, -0.05) is 50.9 Å². The van der Waals surface area contributed by atoms with Crippen LogP contribution in [0.1, 0.15) is 80.1 Å². The van der Waals surface area contributed by atoms with Crippen LogP contribution in [-0.2, 0) is 0 Å². The maximum atomic E-state index is 11.5. The van der Waals surface area contributed by atoms with Crippen LogP contribution in [0.15, 0.2) is 0 Å². The molecule has 5 heteroatoms. The molecule has 1 aliphatic rings. The van der Waals surface area contributed by atoms with Crippen LogP contribution in [0, 0.1) is 0 Å². The predicted octanol–water partition coefficient (Wildman–Crippen LogP) is 4.51. The third kappa shape index (κ3) is 3.76. The van der Waals surface area contributed by atoms with Crippen molar-refractivity contribution in [3.63, 3.8) is 0 Å². The molecule has 1 atom stereocenters. The van der Waals surface area contributed by atoms with Crippen molar-refractivity contribution in [2.75, 3.05) is 11.9 Å². The van der Waals surface area contributed by atoms with Crippen molar-refractivity contribution in [2.24, 2.45) is 0 Å². The fourth-order valence-corrected chi connectivity index (χ4v) is 4.01. The Morgan fingerprint density at radius 2 is 2.00 bits per heavy atom. The maximum absolute atomic E-state index is 11.5. The average Bonchev–Trinajstić information content (AvgIpc) is 2.74. The summed E-state index contributed by atoms with van der Waals surface area (Å²) in [6, 6.07) is 0.505. The molecule has 0 bridgehead atoms. The summed E-state index contributed by atoms with van der Waals surface area (Å²) in [5, 5.41) is 10.3. The molecule has 1 fully saturated rings.